The fourth-order valence-corrected chi connectivity index (χ4v) is 2.34. The van der Waals surface area contributed by atoms with E-state index in [2.05, 4.69) is 20.5 Å². The lowest BCUT2D eigenvalue weighted by Crippen LogP contribution is -2.11. The summed E-state index contributed by atoms with van der Waals surface area (Å²) in [5.74, 6) is -0.166. The van der Waals surface area contributed by atoms with Crippen molar-refractivity contribution in [2.45, 2.75) is 6.92 Å². The molecule has 0 saturated heterocycles. The first-order valence-electron chi connectivity index (χ1n) is 5.39. The Morgan fingerprint density at radius 1 is 1.44 bits per heavy atom. The Morgan fingerprint density at radius 3 is 3.11 bits per heavy atom. The van der Waals surface area contributed by atoms with Crippen LogP contribution in [0.3, 0.4) is 0 Å². The van der Waals surface area contributed by atoms with E-state index >= 15 is 0 Å². The summed E-state index contributed by atoms with van der Waals surface area (Å²) < 4.78 is 0. The van der Waals surface area contributed by atoms with Crippen LogP contribution in [0.5, 0.6) is 0 Å². The molecule has 2 N–H and O–H groups in total. The van der Waals surface area contributed by atoms with Crippen LogP contribution < -0.4 is 5.32 Å². The van der Waals surface area contributed by atoms with Crippen LogP contribution in [0.4, 0.5) is 5.13 Å². The van der Waals surface area contributed by atoms with Gasteiger partial charge in [0.1, 0.15) is 0 Å². The zero-order valence-electron chi connectivity index (χ0n) is 9.60. The van der Waals surface area contributed by atoms with Crippen LogP contribution in [0.15, 0.2) is 29.8 Å². The molecule has 0 radical (unpaired) electrons. The number of aromatic nitrogens is 3. The number of nitrogens with zero attached hydrogens (tertiary/aromatic N) is 2. The second-order valence-corrected chi connectivity index (χ2v) is 4.78. The zero-order chi connectivity index (χ0) is 12.5. The largest absolute Gasteiger partial charge is 0.298 e. The molecule has 0 aliphatic rings. The van der Waals surface area contributed by atoms with E-state index < -0.39 is 0 Å². The average Bonchev–Trinajstić information content (AvgIpc) is 2.96. The van der Waals surface area contributed by atoms with Gasteiger partial charge < -0.3 is 0 Å². The van der Waals surface area contributed by atoms with Crippen LogP contribution in [0, 0.1) is 6.92 Å². The molecule has 6 heteroatoms. The van der Waals surface area contributed by atoms with E-state index in [0.717, 1.165) is 16.6 Å². The van der Waals surface area contributed by atoms with Gasteiger partial charge in [-0.05, 0) is 19.1 Å². The molecule has 5 nitrogen and oxygen atoms in total. The topological polar surface area (TPSA) is 70.7 Å². The fraction of sp³-hybridized carbons (Fsp3) is 0.0833. The molecule has 1 amide bonds. The summed E-state index contributed by atoms with van der Waals surface area (Å²) in [4.78, 5) is 16.2. The molecule has 90 valence electrons. The van der Waals surface area contributed by atoms with Crippen molar-refractivity contribution in [3.63, 3.8) is 0 Å². The molecular weight excluding hydrogens is 248 g/mol. The lowest BCUT2D eigenvalue weighted by Gasteiger charge is -2.01. The SMILES string of the molecule is Cc1csc(NC(=O)c2ccc3cn[nH]c3c2)n1. The highest BCUT2D eigenvalue weighted by Crippen LogP contribution is 2.17. The van der Waals surface area contributed by atoms with Crippen LogP contribution in [0.2, 0.25) is 0 Å². The normalized spacial score (nSPS) is 10.7. The molecule has 18 heavy (non-hydrogen) atoms. The van der Waals surface area contributed by atoms with Crippen molar-refractivity contribution in [1.29, 1.82) is 0 Å². The molecule has 3 aromatic rings. The van der Waals surface area contributed by atoms with Crippen molar-refractivity contribution in [1.82, 2.24) is 15.2 Å². The number of aromatic amines is 1. The Balaban J connectivity index is 1.87. The second kappa shape index (κ2) is 4.23. The second-order valence-electron chi connectivity index (χ2n) is 3.92. The Labute approximate surface area is 107 Å². The summed E-state index contributed by atoms with van der Waals surface area (Å²) in [5.41, 5.74) is 2.33. The van der Waals surface area contributed by atoms with Gasteiger partial charge in [0, 0.05) is 16.3 Å². The molecule has 0 saturated carbocycles. The van der Waals surface area contributed by atoms with Gasteiger partial charge in [-0.25, -0.2) is 4.98 Å². The number of aryl methyl sites for hydroxylation is 1. The highest BCUT2D eigenvalue weighted by Gasteiger charge is 2.09. The molecule has 0 spiro atoms. The molecule has 0 unspecified atom stereocenters. The number of hydrogen-bond donors (Lipinski definition) is 2. The molecule has 0 fully saturated rings. The van der Waals surface area contributed by atoms with Crippen LogP contribution in [0.1, 0.15) is 16.1 Å². The standard InChI is InChI=1S/C12H10N4OS/c1-7-6-18-12(14-7)15-11(17)8-2-3-9-5-13-16-10(9)4-8/h2-6H,1H3,(H,13,16)(H,14,15,17). The van der Waals surface area contributed by atoms with Gasteiger partial charge in [-0.2, -0.15) is 5.10 Å². The number of anilines is 1. The Morgan fingerprint density at radius 2 is 2.33 bits per heavy atom. The number of benzene rings is 1. The molecule has 2 heterocycles. The minimum atomic E-state index is -0.166. The highest BCUT2D eigenvalue weighted by molar-refractivity contribution is 7.13. The van der Waals surface area contributed by atoms with Crippen molar-refractivity contribution < 1.29 is 4.79 Å². The number of H-pyrrole nitrogens is 1. The molecule has 1 aromatic carbocycles. The van der Waals surface area contributed by atoms with E-state index in [4.69, 9.17) is 0 Å². The third kappa shape index (κ3) is 1.98. The van der Waals surface area contributed by atoms with Crippen molar-refractivity contribution in [3.05, 3.63) is 41.0 Å². The number of amides is 1. The number of nitrogens with one attached hydrogen (secondary N) is 2. The third-order valence-corrected chi connectivity index (χ3v) is 3.42. The van der Waals surface area contributed by atoms with Crippen LogP contribution >= 0.6 is 11.3 Å². The summed E-state index contributed by atoms with van der Waals surface area (Å²) in [6.07, 6.45) is 1.72. The maximum atomic E-state index is 12.0. The number of thiazole rings is 1. The van der Waals surface area contributed by atoms with Crippen LogP contribution in [-0.4, -0.2) is 21.1 Å². The highest BCUT2D eigenvalue weighted by atomic mass is 32.1. The Bertz CT molecular complexity index is 716. The minimum Gasteiger partial charge on any atom is -0.298 e. The van der Waals surface area contributed by atoms with E-state index in [-0.39, 0.29) is 5.91 Å². The lowest BCUT2D eigenvalue weighted by molar-refractivity contribution is 0.102. The van der Waals surface area contributed by atoms with Gasteiger partial charge in [-0.3, -0.25) is 15.2 Å². The van der Waals surface area contributed by atoms with Gasteiger partial charge >= 0.3 is 0 Å². The number of fused-ring (bicyclic) bond motifs is 1. The number of rotatable bonds is 2. The summed E-state index contributed by atoms with van der Waals surface area (Å²) >= 11 is 1.41. The molecule has 3 rings (SSSR count). The minimum absolute atomic E-state index is 0.166. The van der Waals surface area contributed by atoms with E-state index in [1.165, 1.54) is 11.3 Å². The first-order chi connectivity index (χ1) is 8.72. The monoisotopic (exact) mass is 258 g/mol. The van der Waals surface area contributed by atoms with Gasteiger partial charge in [-0.1, -0.05) is 6.07 Å². The first-order valence-corrected chi connectivity index (χ1v) is 6.27. The van der Waals surface area contributed by atoms with Crippen molar-refractivity contribution in [3.8, 4) is 0 Å². The number of carbonyl (C=O) groups excluding carboxylic acids is 1. The summed E-state index contributed by atoms with van der Waals surface area (Å²) in [5, 5.41) is 13.0. The van der Waals surface area contributed by atoms with E-state index in [0.29, 0.717) is 10.7 Å². The summed E-state index contributed by atoms with van der Waals surface area (Å²) in [6, 6.07) is 5.41. The van der Waals surface area contributed by atoms with Gasteiger partial charge in [0.05, 0.1) is 17.4 Å². The fourth-order valence-electron chi connectivity index (χ4n) is 1.66. The maximum absolute atomic E-state index is 12.0. The Hall–Kier alpha value is -2.21. The van der Waals surface area contributed by atoms with Gasteiger partial charge in [0.15, 0.2) is 5.13 Å². The molecule has 0 aliphatic heterocycles. The molecule has 0 bridgehead atoms. The van der Waals surface area contributed by atoms with E-state index in [1.54, 1.807) is 18.3 Å². The number of carbonyl (C=O) groups is 1. The van der Waals surface area contributed by atoms with Gasteiger partial charge in [-0.15, -0.1) is 11.3 Å². The maximum Gasteiger partial charge on any atom is 0.257 e. The van der Waals surface area contributed by atoms with E-state index in [9.17, 15) is 4.79 Å². The molecule has 2 aromatic heterocycles. The van der Waals surface area contributed by atoms with Crippen molar-refractivity contribution >= 4 is 33.3 Å². The van der Waals surface area contributed by atoms with Crippen molar-refractivity contribution in [2.75, 3.05) is 5.32 Å². The summed E-state index contributed by atoms with van der Waals surface area (Å²) in [6.45, 7) is 1.89. The third-order valence-electron chi connectivity index (χ3n) is 2.54. The smallest absolute Gasteiger partial charge is 0.257 e. The quantitative estimate of drug-likeness (QED) is 0.742. The summed E-state index contributed by atoms with van der Waals surface area (Å²) in [7, 11) is 0. The van der Waals surface area contributed by atoms with Crippen LogP contribution in [0.25, 0.3) is 10.9 Å². The first kappa shape index (κ1) is 10.9. The number of hydrogen-bond acceptors (Lipinski definition) is 4. The lowest BCUT2D eigenvalue weighted by atomic mass is 10.1. The molecule has 0 aliphatic carbocycles. The predicted octanol–water partition coefficient (Wildman–Crippen LogP) is 2.58. The van der Waals surface area contributed by atoms with Crippen LogP contribution in [-0.2, 0) is 0 Å². The Kier molecular flexibility index (Phi) is 2.56. The zero-order valence-corrected chi connectivity index (χ0v) is 10.4. The average molecular weight is 258 g/mol. The van der Waals surface area contributed by atoms with Crippen molar-refractivity contribution in [2.24, 2.45) is 0 Å². The van der Waals surface area contributed by atoms with E-state index in [1.807, 2.05) is 18.4 Å². The van der Waals surface area contributed by atoms with Gasteiger partial charge in [0.25, 0.3) is 5.91 Å². The molecule has 0 atom stereocenters. The molecular formula is C12H10N4OS. The van der Waals surface area contributed by atoms with Gasteiger partial charge in [0.2, 0.25) is 0 Å². The predicted molar refractivity (Wildman–Crippen MR) is 70.9 cm³/mol.